The molecule has 64 valence electrons. The zero-order valence-corrected chi connectivity index (χ0v) is 6.22. The molecule has 2 fully saturated rings. The average Bonchev–Trinajstić information content (AvgIpc) is 2.41. The van der Waals surface area contributed by atoms with Gasteiger partial charge < -0.3 is 15.3 Å². The molecule has 0 radical (unpaired) electrons. The molecule has 4 nitrogen and oxygen atoms in total. The van der Waals surface area contributed by atoms with Gasteiger partial charge in [-0.3, -0.25) is 4.90 Å². The van der Waals surface area contributed by atoms with Crippen LogP contribution in [0.3, 0.4) is 0 Å². The van der Waals surface area contributed by atoms with Crippen LogP contribution in [0.4, 0.5) is 0 Å². The van der Waals surface area contributed by atoms with Crippen LogP contribution in [0, 0.1) is 0 Å². The zero-order chi connectivity index (χ0) is 8.01. The lowest BCUT2D eigenvalue weighted by Gasteiger charge is -2.18. The zero-order valence-electron chi connectivity index (χ0n) is 6.22. The van der Waals surface area contributed by atoms with Crippen molar-refractivity contribution in [3.05, 3.63) is 0 Å². The number of rotatable bonds is 0. The van der Waals surface area contributed by atoms with Gasteiger partial charge in [-0.05, 0) is 6.42 Å². The van der Waals surface area contributed by atoms with Crippen LogP contribution < -0.4 is 0 Å². The summed E-state index contributed by atoms with van der Waals surface area (Å²) in [6.45, 7) is 1.29. The molecule has 3 N–H and O–H groups in total. The Balaban J connectivity index is 2.13. The van der Waals surface area contributed by atoms with Gasteiger partial charge in [0.1, 0.15) is 0 Å². The Morgan fingerprint density at radius 3 is 2.45 bits per heavy atom. The summed E-state index contributed by atoms with van der Waals surface area (Å²) >= 11 is 0. The van der Waals surface area contributed by atoms with Crippen LogP contribution in [0.5, 0.6) is 0 Å². The largest absolute Gasteiger partial charge is 0.391 e. The molecule has 0 aromatic carbocycles. The van der Waals surface area contributed by atoms with Crippen molar-refractivity contribution in [1.29, 1.82) is 0 Å². The molecule has 2 saturated heterocycles. The number of hydrogen-bond acceptors (Lipinski definition) is 4. The van der Waals surface area contributed by atoms with Crippen molar-refractivity contribution in [2.45, 2.75) is 30.8 Å². The molecule has 0 aromatic heterocycles. The van der Waals surface area contributed by atoms with Crippen molar-refractivity contribution < 1.29 is 15.3 Å². The minimum absolute atomic E-state index is 0.218. The summed E-state index contributed by atoms with van der Waals surface area (Å²) in [6, 6.07) is -0.218. The van der Waals surface area contributed by atoms with Crippen molar-refractivity contribution in [3.63, 3.8) is 0 Å². The molecule has 0 bridgehead atoms. The van der Waals surface area contributed by atoms with E-state index in [0.717, 1.165) is 6.54 Å². The molecule has 2 aliphatic rings. The summed E-state index contributed by atoms with van der Waals surface area (Å²) in [5, 5.41) is 28.0. The van der Waals surface area contributed by atoms with Gasteiger partial charge in [0.25, 0.3) is 0 Å². The summed E-state index contributed by atoms with van der Waals surface area (Å²) in [4.78, 5) is 1.94. The summed E-state index contributed by atoms with van der Waals surface area (Å²) in [5.74, 6) is 0. The molecule has 0 aromatic rings. The Morgan fingerprint density at radius 2 is 1.82 bits per heavy atom. The van der Waals surface area contributed by atoms with Gasteiger partial charge in [-0.1, -0.05) is 0 Å². The number of hydrogen-bond donors (Lipinski definition) is 3. The first kappa shape index (κ1) is 7.49. The van der Waals surface area contributed by atoms with Gasteiger partial charge >= 0.3 is 0 Å². The van der Waals surface area contributed by atoms with Crippen molar-refractivity contribution in [2.75, 3.05) is 13.1 Å². The van der Waals surface area contributed by atoms with Crippen LogP contribution in [0.2, 0.25) is 0 Å². The third-order valence-corrected chi connectivity index (χ3v) is 2.69. The lowest BCUT2D eigenvalue weighted by Crippen LogP contribution is -2.38. The minimum Gasteiger partial charge on any atom is -0.391 e. The number of aliphatic hydroxyl groups is 3. The number of aliphatic hydroxyl groups excluding tert-OH is 3. The van der Waals surface area contributed by atoms with Crippen molar-refractivity contribution in [2.24, 2.45) is 0 Å². The van der Waals surface area contributed by atoms with Crippen molar-refractivity contribution >= 4 is 0 Å². The lowest BCUT2D eigenvalue weighted by molar-refractivity contribution is 0.00792. The molecule has 2 heterocycles. The van der Waals surface area contributed by atoms with E-state index in [1.54, 1.807) is 0 Å². The van der Waals surface area contributed by atoms with Crippen molar-refractivity contribution in [1.82, 2.24) is 4.90 Å². The normalized spacial score (nSPS) is 51.5. The Kier molecular flexibility index (Phi) is 1.64. The smallest absolute Gasteiger partial charge is 0.0991 e. The highest BCUT2D eigenvalue weighted by Crippen LogP contribution is 2.28. The molecule has 4 atom stereocenters. The summed E-state index contributed by atoms with van der Waals surface area (Å²) in [5.41, 5.74) is 0. The predicted molar refractivity (Wildman–Crippen MR) is 38.0 cm³/mol. The highest BCUT2D eigenvalue weighted by atomic mass is 16.3. The maximum absolute atomic E-state index is 9.39. The Labute approximate surface area is 65.1 Å². The van der Waals surface area contributed by atoms with Crippen LogP contribution in [-0.2, 0) is 0 Å². The monoisotopic (exact) mass is 159 g/mol. The molecule has 0 amide bonds. The summed E-state index contributed by atoms with van der Waals surface area (Å²) in [7, 11) is 0. The van der Waals surface area contributed by atoms with E-state index < -0.39 is 18.3 Å². The fourth-order valence-corrected chi connectivity index (χ4v) is 2.09. The van der Waals surface area contributed by atoms with Crippen LogP contribution >= 0.6 is 0 Å². The van der Waals surface area contributed by atoms with E-state index in [9.17, 15) is 15.3 Å². The molecule has 0 spiro atoms. The topological polar surface area (TPSA) is 63.9 Å². The van der Waals surface area contributed by atoms with E-state index in [4.69, 9.17) is 0 Å². The van der Waals surface area contributed by atoms with Crippen LogP contribution in [0.15, 0.2) is 0 Å². The third kappa shape index (κ3) is 0.980. The molecule has 4 unspecified atom stereocenters. The lowest BCUT2D eigenvalue weighted by atomic mass is 10.1. The number of fused-ring (bicyclic) bond motifs is 1. The Bertz CT molecular complexity index is 162. The fourth-order valence-electron chi connectivity index (χ4n) is 2.09. The standard InChI is InChI=1S/C7H13NO3/c9-4-1-2-8-3-5(10)7(11)6(4)8/h4-7,9-11H,1-3H2. The second-order valence-electron chi connectivity index (χ2n) is 3.40. The van der Waals surface area contributed by atoms with E-state index in [2.05, 4.69) is 0 Å². The van der Waals surface area contributed by atoms with Crippen LogP contribution in [0.1, 0.15) is 6.42 Å². The highest BCUT2D eigenvalue weighted by molar-refractivity contribution is 5.01. The van der Waals surface area contributed by atoms with Crippen LogP contribution in [-0.4, -0.2) is 57.7 Å². The third-order valence-electron chi connectivity index (χ3n) is 2.69. The molecule has 0 saturated carbocycles. The first-order valence-electron chi connectivity index (χ1n) is 3.98. The first-order chi connectivity index (χ1) is 5.20. The molecule has 0 aliphatic carbocycles. The maximum Gasteiger partial charge on any atom is 0.0991 e. The number of nitrogens with zero attached hydrogens (tertiary/aromatic N) is 1. The fraction of sp³-hybridized carbons (Fsp3) is 1.00. The van der Waals surface area contributed by atoms with Gasteiger partial charge in [-0.15, -0.1) is 0 Å². The Hall–Kier alpha value is -0.160. The SMILES string of the molecule is OC1CN2CCC(O)C2C1O. The van der Waals surface area contributed by atoms with E-state index in [0.29, 0.717) is 13.0 Å². The Morgan fingerprint density at radius 1 is 1.09 bits per heavy atom. The van der Waals surface area contributed by atoms with Gasteiger partial charge in [-0.2, -0.15) is 0 Å². The van der Waals surface area contributed by atoms with Crippen LogP contribution in [0.25, 0.3) is 0 Å². The first-order valence-corrected chi connectivity index (χ1v) is 3.98. The second kappa shape index (κ2) is 2.42. The van der Waals surface area contributed by atoms with Gasteiger partial charge in [0.15, 0.2) is 0 Å². The van der Waals surface area contributed by atoms with E-state index >= 15 is 0 Å². The molecular weight excluding hydrogens is 146 g/mol. The van der Waals surface area contributed by atoms with Gasteiger partial charge in [0.2, 0.25) is 0 Å². The van der Waals surface area contributed by atoms with E-state index in [-0.39, 0.29) is 6.04 Å². The van der Waals surface area contributed by atoms with Gasteiger partial charge in [-0.25, -0.2) is 0 Å². The molecular formula is C7H13NO3. The summed E-state index contributed by atoms with van der Waals surface area (Å²) in [6.07, 6.45) is -1.17. The quantitative estimate of drug-likeness (QED) is 0.388. The minimum atomic E-state index is -0.757. The molecule has 2 rings (SSSR count). The molecule has 2 aliphatic heterocycles. The second-order valence-corrected chi connectivity index (χ2v) is 3.40. The maximum atomic E-state index is 9.39. The molecule has 11 heavy (non-hydrogen) atoms. The van der Waals surface area contributed by atoms with E-state index in [1.807, 2.05) is 4.90 Å². The van der Waals surface area contributed by atoms with Crippen molar-refractivity contribution in [3.8, 4) is 0 Å². The van der Waals surface area contributed by atoms with E-state index in [1.165, 1.54) is 0 Å². The van der Waals surface area contributed by atoms with Gasteiger partial charge in [0.05, 0.1) is 24.4 Å². The molecule has 4 heteroatoms. The highest BCUT2D eigenvalue weighted by Gasteiger charge is 2.47. The average molecular weight is 159 g/mol. The summed E-state index contributed by atoms with van der Waals surface area (Å²) < 4.78 is 0. The van der Waals surface area contributed by atoms with Gasteiger partial charge in [0, 0.05) is 13.1 Å². The predicted octanol–water partition coefficient (Wildman–Crippen LogP) is -1.84.